The molecule has 2 nitrogen and oxygen atoms in total. The summed E-state index contributed by atoms with van der Waals surface area (Å²) in [6.07, 6.45) is 1.12. The predicted octanol–water partition coefficient (Wildman–Crippen LogP) is 21.2. The fraction of sp³-hybridized carbons (Fsp3) is 0.143. The number of para-hydroxylation sites is 2. The number of hydrogen-bond acceptors (Lipinski definition) is 1. The molecule has 0 N–H and O–H groups in total. The third kappa shape index (κ3) is 8.07. The van der Waals surface area contributed by atoms with E-state index < -0.39 is 5.41 Å². The van der Waals surface area contributed by atoms with Gasteiger partial charge in [-0.3, -0.25) is 0 Å². The Morgan fingerprint density at radius 2 is 0.823 bits per heavy atom. The van der Waals surface area contributed by atoms with Crippen LogP contribution in [0.5, 0.6) is 0 Å². The van der Waals surface area contributed by atoms with Crippen molar-refractivity contribution in [2.45, 2.75) is 59.3 Å². The Labute approximate surface area is 465 Å². The fourth-order valence-electron chi connectivity index (χ4n) is 13.6. The summed E-state index contributed by atoms with van der Waals surface area (Å²) in [5.74, 6) is 0.418. The van der Waals surface area contributed by atoms with Crippen molar-refractivity contribution in [1.82, 2.24) is 4.57 Å². The minimum atomic E-state index is -0.545. The van der Waals surface area contributed by atoms with E-state index in [4.69, 9.17) is 0 Å². The molecule has 0 amide bonds. The number of rotatable bonds is 9. The van der Waals surface area contributed by atoms with Gasteiger partial charge in [0.25, 0.3) is 0 Å². The second-order valence-corrected chi connectivity index (χ2v) is 24.4. The van der Waals surface area contributed by atoms with Gasteiger partial charge < -0.3 is 9.47 Å². The summed E-state index contributed by atoms with van der Waals surface area (Å²) >= 11 is 0. The number of aromatic nitrogens is 1. The summed E-state index contributed by atoms with van der Waals surface area (Å²) in [4.78, 5) is 2.46. The zero-order valence-electron chi connectivity index (χ0n) is 46.0. The third-order valence-corrected chi connectivity index (χ3v) is 17.2. The molecule has 1 aromatic heterocycles. The Morgan fingerprint density at radius 3 is 1.48 bits per heavy atom. The minimum absolute atomic E-state index is 0.117. The number of hydrogen-bond donors (Lipinski definition) is 0. The van der Waals surface area contributed by atoms with Gasteiger partial charge in [-0.2, -0.15) is 0 Å². The minimum Gasteiger partial charge on any atom is -0.310 e. The number of benzene rings is 11. The van der Waals surface area contributed by atoms with Crippen LogP contribution in [0.3, 0.4) is 0 Å². The van der Waals surface area contributed by atoms with E-state index in [1.807, 2.05) is 0 Å². The van der Waals surface area contributed by atoms with Gasteiger partial charge in [-0.15, -0.1) is 0 Å². The lowest BCUT2D eigenvalue weighted by Gasteiger charge is -2.36. The molecule has 0 radical (unpaired) electrons. The molecule has 0 aliphatic heterocycles. The van der Waals surface area contributed by atoms with E-state index in [-0.39, 0.29) is 10.8 Å². The van der Waals surface area contributed by atoms with Crippen LogP contribution in [0, 0.1) is 10.8 Å². The molecular formula is C77H64N2. The van der Waals surface area contributed by atoms with Gasteiger partial charge in [-0.1, -0.05) is 230 Å². The summed E-state index contributed by atoms with van der Waals surface area (Å²) in [7, 11) is 0. The van der Waals surface area contributed by atoms with Crippen molar-refractivity contribution in [1.29, 1.82) is 0 Å². The fourth-order valence-corrected chi connectivity index (χ4v) is 13.6. The second-order valence-electron chi connectivity index (χ2n) is 24.4. The molecule has 2 atom stereocenters. The molecule has 11 aromatic carbocycles. The van der Waals surface area contributed by atoms with E-state index >= 15 is 0 Å². The molecule has 14 rings (SSSR count). The number of nitrogens with zero attached hydrogens (tertiary/aromatic N) is 2. The highest BCUT2D eigenvalue weighted by Gasteiger charge is 2.52. The van der Waals surface area contributed by atoms with Gasteiger partial charge in [-0.05, 0) is 179 Å². The molecular weight excluding hydrogens is 953 g/mol. The normalized spacial score (nSPS) is 14.8. The van der Waals surface area contributed by atoms with Crippen LogP contribution in [-0.4, -0.2) is 4.57 Å². The van der Waals surface area contributed by atoms with Crippen LogP contribution in [0.1, 0.15) is 81.7 Å². The molecule has 0 saturated heterocycles. The molecule has 1 spiro atoms. The topological polar surface area (TPSA) is 8.17 Å². The highest BCUT2D eigenvalue weighted by atomic mass is 15.1. The average Bonchev–Trinajstić information content (AvgIpc) is 2.47. The molecule has 2 unspecified atom stereocenters. The molecule has 1 heterocycles. The summed E-state index contributed by atoms with van der Waals surface area (Å²) in [5, 5.41) is 2.50. The van der Waals surface area contributed by atoms with E-state index in [9.17, 15) is 0 Å². The molecule has 2 heteroatoms. The monoisotopic (exact) mass is 1020 g/mol. The summed E-state index contributed by atoms with van der Waals surface area (Å²) in [6, 6.07) is 97.9. The lowest BCUT2D eigenvalue weighted by atomic mass is 9.68. The third-order valence-electron chi connectivity index (χ3n) is 17.2. The lowest BCUT2D eigenvalue weighted by Crippen LogP contribution is -2.26. The SMILES string of the molecule is CC(C)(C)CC(c1cccc(-c2ccc3c(c2)C2(c4ccccc4-3)c3ccccc3-c3ccc(N(c4ccc(-c5ccccc5)cc4)c4ccc(-c5ccc6c(c5)c5ccccc5n6-c5ccccc5)cc4)cc32)c1)C(C)(C)C. The Morgan fingerprint density at radius 1 is 0.354 bits per heavy atom. The summed E-state index contributed by atoms with van der Waals surface area (Å²) in [5.41, 5.74) is 25.9. The van der Waals surface area contributed by atoms with Crippen LogP contribution in [-0.2, 0) is 5.41 Å². The molecule has 12 aromatic rings. The van der Waals surface area contributed by atoms with Crippen LogP contribution in [0.2, 0.25) is 0 Å². The molecule has 0 saturated carbocycles. The molecule has 0 bridgehead atoms. The van der Waals surface area contributed by atoms with E-state index in [2.05, 4.69) is 312 Å². The van der Waals surface area contributed by atoms with E-state index in [0.717, 1.165) is 29.2 Å². The molecule has 2 aliphatic rings. The van der Waals surface area contributed by atoms with Crippen molar-refractivity contribution in [3.8, 4) is 61.3 Å². The van der Waals surface area contributed by atoms with Gasteiger partial charge in [0.1, 0.15) is 0 Å². The largest absolute Gasteiger partial charge is 0.310 e. The van der Waals surface area contributed by atoms with Gasteiger partial charge in [-0.25, -0.2) is 0 Å². The van der Waals surface area contributed by atoms with Crippen molar-refractivity contribution in [2.75, 3.05) is 4.90 Å². The van der Waals surface area contributed by atoms with Gasteiger partial charge in [0.05, 0.1) is 16.4 Å². The van der Waals surface area contributed by atoms with Gasteiger partial charge >= 0.3 is 0 Å². The maximum atomic E-state index is 2.54. The maximum Gasteiger partial charge on any atom is 0.0726 e. The highest BCUT2D eigenvalue weighted by Crippen LogP contribution is 2.64. The lowest BCUT2D eigenvalue weighted by molar-refractivity contribution is 0.229. The van der Waals surface area contributed by atoms with Crippen LogP contribution >= 0.6 is 0 Å². The highest BCUT2D eigenvalue weighted by molar-refractivity contribution is 6.10. The van der Waals surface area contributed by atoms with E-state index in [0.29, 0.717) is 5.92 Å². The Hall–Kier alpha value is -8.98. The first kappa shape index (κ1) is 48.4. The zero-order valence-corrected chi connectivity index (χ0v) is 46.0. The number of fused-ring (bicyclic) bond motifs is 13. The van der Waals surface area contributed by atoms with Gasteiger partial charge in [0.2, 0.25) is 0 Å². The Kier molecular flexibility index (Phi) is 11.4. The first-order chi connectivity index (χ1) is 38.4. The average molecular weight is 1020 g/mol. The van der Waals surface area contributed by atoms with Crippen molar-refractivity contribution in [3.05, 3.63) is 289 Å². The maximum absolute atomic E-state index is 2.54. The zero-order chi connectivity index (χ0) is 53.6. The predicted molar refractivity (Wildman–Crippen MR) is 334 cm³/mol. The smallest absolute Gasteiger partial charge is 0.0726 e. The molecule has 79 heavy (non-hydrogen) atoms. The Bertz CT molecular complexity index is 4270. The van der Waals surface area contributed by atoms with Crippen LogP contribution in [0.25, 0.3) is 83.1 Å². The standard InChI is InChI=1S/C77H64N2/c1-75(2,3)50-72(76(4,5)6)57-23-19-22-54(46-57)56-36-43-64-62-26-13-16-29-68(62)77(70(64)48-56)69-30-17-14-27-63(69)65-44-42-61(49-71(65)77)78(59-38-32-52(33-39-59)51-20-9-7-10-21-51)60-40-34-53(35-41-60)55-37-45-74-67(47-55)66-28-15-18-31-73(66)79(74)58-24-11-8-12-25-58/h7-49,72H,50H2,1-6H3. The van der Waals surface area contributed by atoms with Crippen molar-refractivity contribution < 1.29 is 0 Å². The summed E-state index contributed by atoms with van der Waals surface area (Å²) in [6.45, 7) is 14.3. The van der Waals surface area contributed by atoms with Crippen LogP contribution < -0.4 is 4.90 Å². The molecule has 382 valence electrons. The second kappa shape index (κ2) is 18.6. The quantitative estimate of drug-likeness (QED) is 0.140. The van der Waals surface area contributed by atoms with Gasteiger partial charge in [0, 0.05) is 33.5 Å². The van der Waals surface area contributed by atoms with Gasteiger partial charge in [0.15, 0.2) is 0 Å². The summed E-state index contributed by atoms with van der Waals surface area (Å²) < 4.78 is 2.38. The first-order valence-electron chi connectivity index (χ1n) is 28.2. The van der Waals surface area contributed by atoms with Crippen molar-refractivity contribution >= 4 is 38.9 Å². The van der Waals surface area contributed by atoms with Crippen LogP contribution in [0.15, 0.2) is 261 Å². The molecule has 2 aliphatic carbocycles. The van der Waals surface area contributed by atoms with E-state index in [1.165, 1.54) is 105 Å². The Balaban J connectivity index is 0.920. The van der Waals surface area contributed by atoms with Crippen molar-refractivity contribution in [2.24, 2.45) is 10.8 Å². The number of anilines is 3. The van der Waals surface area contributed by atoms with Crippen molar-refractivity contribution in [3.63, 3.8) is 0 Å². The van der Waals surface area contributed by atoms with E-state index in [1.54, 1.807) is 0 Å². The molecule has 0 fully saturated rings. The first-order valence-corrected chi connectivity index (χ1v) is 28.2. The van der Waals surface area contributed by atoms with Crippen LogP contribution in [0.4, 0.5) is 17.1 Å².